The van der Waals surface area contributed by atoms with Crippen molar-refractivity contribution in [2.24, 2.45) is 5.92 Å². The molecule has 0 spiro atoms. The number of carbonyl (C=O) groups is 2. The van der Waals surface area contributed by atoms with Crippen LogP contribution in [0.25, 0.3) is 0 Å². The molecule has 1 saturated heterocycles. The molecule has 1 aliphatic carbocycles. The molecule has 0 bridgehead atoms. The van der Waals surface area contributed by atoms with Crippen LogP contribution in [-0.2, 0) is 9.59 Å². The summed E-state index contributed by atoms with van der Waals surface area (Å²) in [6.45, 7) is 2.60. The molecule has 1 aliphatic heterocycles. The quantitative estimate of drug-likeness (QED) is 0.536. The maximum Gasteiger partial charge on any atom is 0.239 e. The molecule has 0 aromatic rings. The Kier molecular flexibility index (Phi) is 4.42. The maximum absolute atomic E-state index is 12.2. The highest BCUT2D eigenvalue weighted by Gasteiger charge is 2.37. The topological polar surface area (TPSA) is 90.5 Å². The Morgan fingerprint density at radius 1 is 1.58 bits per heavy atom. The zero-order valence-electron chi connectivity index (χ0n) is 11.4. The summed E-state index contributed by atoms with van der Waals surface area (Å²) < 4.78 is 0. The van der Waals surface area contributed by atoms with E-state index in [1.807, 2.05) is 0 Å². The van der Waals surface area contributed by atoms with Crippen LogP contribution in [0.2, 0.25) is 0 Å². The molecule has 2 fully saturated rings. The summed E-state index contributed by atoms with van der Waals surface area (Å²) in [7, 11) is 0. The SMILES string of the molecule is CC1CCCC(CO)(NC(=O)C2CNC(=O)CN2)C1. The molecule has 1 saturated carbocycles. The lowest BCUT2D eigenvalue weighted by Crippen LogP contribution is -2.63. The van der Waals surface area contributed by atoms with Crippen molar-refractivity contribution in [2.45, 2.75) is 44.2 Å². The number of rotatable bonds is 3. The molecule has 0 radical (unpaired) electrons. The van der Waals surface area contributed by atoms with Gasteiger partial charge in [0, 0.05) is 6.54 Å². The monoisotopic (exact) mass is 269 g/mol. The van der Waals surface area contributed by atoms with Crippen LogP contribution in [-0.4, -0.2) is 48.2 Å². The van der Waals surface area contributed by atoms with Gasteiger partial charge < -0.3 is 15.7 Å². The highest BCUT2D eigenvalue weighted by atomic mass is 16.3. The average Bonchev–Trinajstić information content (AvgIpc) is 2.39. The summed E-state index contributed by atoms with van der Waals surface area (Å²) in [6, 6.07) is -0.404. The van der Waals surface area contributed by atoms with Crippen LogP contribution in [0, 0.1) is 5.92 Å². The van der Waals surface area contributed by atoms with E-state index >= 15 is 0 Å². The molecular weight excluding hydrogens is 246 g/mol. The number of hydrogen-bond acceptors (Lipinski definition) is 4. The van der Waals surface area contributed by atoms with E-state index in [0.717, 1.165) is 25.7 Å². The van der Waals surface area contributed by atoms with Crippen molar-refractivity contribution < 1.29 is 14.7 Å². The van der Waals surface area contributed by atoms with Crippen LogP contribution in [0.4, 0.5) is 0 Å². The molecule has 0 aromatic carbocycles. The van der Waals surface area contributed by atoms with E-state index in [1.165, 1.54) is 0 Å². The molecule has 6 nitrogen and oxygen atoms in total. The standard InChI is InChI=1S/C13H23N3O3/c1-9-3-2-4-13(5-9,8-17)16-12(19)10-6-15-11(18)7-14-10/h9-10,14,17H,2-8H2,1H3,(H,15,18)(H,16,19). The van der Waals surface area contributed by atoms with Gasteiger partial charge in [0.2, 0.25) is 11.8 Å². The third-order valence-corrected chi connectivity index (χ3v) is 4.11. The van der Waals surface area contributed by atoms with Crippen molar-refractivity contribution in [3.63, 3.8) is 0 Å². The number of amides is 2. The fourth-order valence-corrected chi connectivity index (χ4v) is 3.06. The second-order valence-electron chi connectivity index (χ2n) is 5.87. The summed E-state index contributed by atoms with van der Waals surface area (Å²) >= 11 is 0. The third kappa shape index (κ3) is 3.45. The molecule has 3 atom stereocenters. The van der Waals surface area contributed by atoms with Gasteiger partial charge in [-0.1, -0.05) is 19.8 Å². The summed E-state index contributed by atoms with van der Waals surface area (Å²) in [5, 5.41) is 18.2. The van der Waals surface area contributed by atoms with Gasteiger partial charge >= 0.3 is 0 Å². The molecule has 2 aliphatic rings. The van der Waals surface area contributed by atoms with Crippen LogP contribution < -0.4 is 16.0 Å². The van der Waals surface area contributed by atoms with Gasteiger partial charge in [0.25, 0.3) is 0 Å². The van der Waals surface area contributed by atoms with Crippen molar-refractivity contribution in [1.29, 1.82) is 0 Å². The van der Waals surface area contributed by atoms with Gasteiger partial charge in [-0.15, -0.1) is 0 Å². The Hall–Kier alpha value is -1.14. The Morgan fingerprint density at radius 2 is 2.37 bits per heavy atom. The highest BCUT2D eigenvalue weighted by molar-refractivity contribution is 5.87. The number of carbonyl (C=O) groups excluding carboxylic acids is 2. The third-order valence-electron chi connectivity index (χ3n) is 4.11. The molecular formula is C13H23N3O3. The van der Waals surface area contributed by atoms with E-state index in [9.17, 15) is 14.7 Å². The van der Waals surface area contributed by atoms with E-state index in [-0.39, 0.29) is 25.0 Å². The van der Waals surface area contributed by atoms with Gasteiger partial charge in [-0.2, -0.15) is 0 Å². The number of aliphatic hydroxyl groups is 1. The van der Waals surface area contributed by atoms with Gasteiger partial charge in [-0.3, -0.25) is 14.9 Å². The second-order valence-corrected chi connectivity index (χ2v) is 5.87. The maximum atomic E-state index is 12.2. The average molecular weight is 269 g/mol. The summed E-state index contributed by atoms with van der Waals surface area (Å²) in [6.07, 6.45) is 3.80. The summed E-state index contributed by atoms with van der Waals surface area (Å²) in [5.74, 6) is 0.288. The molecule has 1 heterocycles. The first-order valence-electron chi connectivity index (χ1n) is 6.98. The zero-order valence-corrected chi connectivity index (χ0v) is 11.4. The van der Waals surface area contributed by atoms with Crippen LogP contribution in [0.5, 0.6) is 0 Å². The molecule has 2 amide bonds. The fourth-order valence-electron chi connectivity index (χ4n) is 3.06. The van der Waals surface area contributed by atoms with Gasteiger partial charge in [-0.05, 0) is 18.8 Å². The van der Waals surface area contributed by atoms with Crippen molar-refractivity contribution in [3.05, 3.63) is 0 Å². The number of nitrogens with one attached hydrogen (secondary N) is 3. The van der Waals surface area contributed by atoms with E-state index in [0.29, 0.717) is 12.5 Å². The Bertz CT molecular complexity index is 351. The smallest absolute Gasteiger partial charge is 0.239 e. The number of hydrogen-bond donors (Lipinski definition) is 4. The normalized spacial score (nSPS) is 35.6. The lowest BCUT2D eigenvalue weighted by atomic mass is 9.76. The van der Waals surface area contributed by atoms with Gasteiger partial charge in [0.1, 0.15) is 6.04 Å². The van der Waals surface area contributed by atoms with Gasteiger partial charge in [0.05, 0.1) is 18.7 Å². The molecule has 4 N–H and O–H groups in total. The molecule has 3 unspecified atom stereocenters. The molecule has 2 rings (SSSR count). The largest absolute Gasteiger partial charge is 0.394 e. The van der Waals surface area contributed by atoms with Crippen LogP contribution in [0.3, 0.4) is 0 Å². The highest BCUT2D eigenvalue weighted by Crippen LogP contribution is 2.32. The first kappa shape index (κ1) is 14.3. The minimum Gasteiger partial charge on any atom is -0.394 e. The van der Waals surface area contributed by atoms with Crippen molar-refractivity contribution >= 4 is 11.8 Å². The lowest BCUT2D eigenvalue weighted by Gasteiger charge is -2.40. The van der Waals surface area contributed by atoms with E-state index in [2.05, 4.69) is 22.9 Å². The Morgan fingerprint density at radius 3 is 2.95 bits per heavy atom. The van der Waals surface area contributed by atoms with Crippen LogP contribution in [0.1, 0.15) is 32.6 Å². The predicted molar refractivity (Wildman–Crippen MR) is 70.4 cm³/mol. The van der Waals surface area contributed by atoms with Crippen molar-refractivity contribution in [1.82, 2.24) is 16.0 Å². The minimum absolute atomic E-state index is 0.0256. The Labute approximate surface area is 113 Å². The van der Waals surface area contributed by atoms with Gasteiger partial charge in [-0.25, -0.2) is 0 Å². The van der Waals surface area contributed by atoms with Crippen LogP contribution >= 0.6 is 0 Å². The van der Waals surface area contributed by atoms with E-state index < -0.39 is 11.6 Å². The van der Waals surface area contributed by atoms with Gasteiger partial charge in [0.15, 0.2) is 0 Å². The molecule has 0 aromatic heterocycles. The van der Waals surface area contributed by atoms with E-state index in [1.54, 1.807) is 0 Å². The molecule has 108 valence electrons. The molecule has 6 heteroatoms. The summed E-state index contributed by atoms with van der Waals surface area (Å²) in [4.78, 5) is 23.2. The van der Waals surface area contributed by atoms with Crippen molar-refractivity contribution in [3.8, 4) is 0 Å². The number of aliphatic hydroxyl groups excluding tert-OH is 1. The lowest BCUT2D eigenvalue weighted by molar-refractivity contribution is -0.128. The number of piperazine rings is 1. The van der Waals surface area contributed by atoms with E-state index in [4.69, 9.17) is 0 Å². The van der Waals surface area contributed by atoms with Crippen LogP contribution in [0.15, 0.2) is 0 Å². The second kappa shape index (κ2) is 5.88. The van der Waals surface area contributed by atoms with Crippen molar-refractivity contribution in [2.75, 3.05) is 19.7 Å². The Balaban J connectivity index is 1.94. The zero-order chi connectivity index (χ0) is 13.9. The fraction of sp³-hybridized carbons (Fsp3) is 0.846. The minimum atomic E-state index is -0.488. The predicted octanol–water partition coefficient (Wildman–Crippen LogP) is -0.868. The first-order valence-corrected chi connectivity index (χ1v) is 6.98. The summed E-state index contributed by atoms with van der Waals surface area (Å²) in [5.41, 5.74) is -0.488. The molecule has 19 heavy (non-hydrogen) atoms. The first-order chi connectivity index (χ1) is 9.04.